The molecule has 0 bridgehead atoms. The van der Waals surface area contributed by atoms with E-state index in [2.05, 4.69) is 24.9 Å². The van der Waals surface area contributed by atoms with E-state index < -0.39 is 0 Å². The minimum absolute atomic E-state index is 0.0367. The van der Waals surface area contributed by atoms with E-state index in [9.17, 15) is 4.79 Å². The lowest BCUT2D eigenvalue weighted by molar-refractivity contribution is -0.159. The van der Waals surface area contributed by atoms with E-state index >= 15 is 0 Å². The van der Waals surface area contributed by atoms with Gasteiger partial charge in [-0.25, -0.2) is 0 Å². The summed E-state index contributed by atoms with van der Waals surface area (Å²) in [6.07, 6.45) is 3.59. The van der Waals surface area contributed by atoms with Gasteiger partial charge >= 0.3 is 0 Å². The van der Waals surface area contributed by atoms with Gasteiger partial charge in [0.1, 0.15) is 16.2 Å². The first-order valence-corrected chi connectivity index (χ1v) is 10.1. The average molecular weight is 370 g/mol. The average Bonchev–Trinajstić information content (AvgIpc) is 3.29. The zero-order valence-corrected chi connectivity index (χ0v) is 15.7. The molecule has 3 aliphatic heterocycles. The van der Waals surface area contributed by atoms with E-state index in [1.807, 2.05) is 23.1 Å². The van der Waals surface area contributed by atoms with Crippen molar-refractivity contribution < 1.29 is 14.3 Å². The SMILES string of the molecule is CC1(C)Oc2ccccc2[C@@H]2O[C@@H]3CCN(C(=O)c4cncs4)[C@@H]3C[C@H]21. The molecule has 0 spiro atoms. The van der Waals surface area contributed by atoms with Crippen LogP contribution >= 0.6 is 11.3 Å². The molecule has 2 saturated heterocycles. The lowest BCUT2D eigenvalue weighted by Crippen LogP contribution is -2.54. The summed E-state index contributed by atoms with van der Waals surface area (Å²) in [5.74, 6) is 1.22. The van der Waals surface area contributed by atoms with Gasteiger partial charge in [0.2, 0.25) is 0 Å². The topological polar surface area (TPSA) is 51.7 Å². The van der Waals surface area contributed by atoms with Gasteiger partial charge in [-0.15, -0.1) is 11.3 Å². The molecule has 0 saturated carbocycles. The van der Waals surface area contributed by atoms with Gasteiger partial charge in [-0.1, -0.05) is 18.2 Å². The van der Waals surface area contributed by atoms with E-state index in [0.29, 0.717) is 4.88 Å². The molecule has 1 aromatic heterocycles. The first-order valence-electron chi connectivity index (χ1n) is 9.17. The fourth-order valence-corrected chi connectivity index (χ4v) is 5.33. The van der Waals surface area contributed by atoms with Crippen molar-refractivity contribution >= 4 is 17.2 Å². The molecule has 5 nitrogen and oxygen atoms in total. The van der Waals surface area contributed by atoms with Crippen LogP contribution < -0.4 is 4.74 Å². The Morgan fingerprint density at radius 1 is 1.35 bits per heavy atom. The Labute approximate surface area is 156 Å². The van der Waals surface area contributed by atoms with Gasteiger partial charge in [-0.2, -0.15) is 0 Å². The molecule has 0 unspecified atom stereocenters. The van der Waals surface area contributed by atoms with Crippen LogP contribution in [0.2, 0.25) is 0 Å². The van der Waals surface area contributed by atoms with Crippen LogP contribution in [0.4, 0.5) is 0 Å². The molecule has 0 radical (unpaired) electrons. The van der Waals surface area contributed by atoms with Gasteiger partial charge in [0.05, 0.1) is 30.0 Å². The number of likely N-dealkylation sites (tertiary alicyclic amines) is 1. The minimum Gasteiger partial charge on any atom is -0.487 e. The number of para-hydroxylation sites is 1. The summed E-state index contributed by atoms with van der Waals surface area (Å²) in [6.45, 7) is 5.01. The van der Waals surface area contributed by atoms with Crippen molar-refractivity contribution in [2.75, 3.05) is 6.54 Å². The van der Waals surface area contributed by atoms with Crippen LogP contribution in [0.3, 0.4) is 0 Å². The Kier molecular flexibility index (Phi) is 3.62. The van der Waals surface area contributed by atoms with E-state index in [1.165, 1.54) is 11.3 Å². The number of hydrogen-bond acceptors (Lipinski definition) is 5. The monoisotopic (exact) mass is 370 g/mol. The quantitative estimate of drug-likeness (QED) is 0.768. The molecule has 5 rings (SSSR count). The van der Waals surface area contributed by atoms with Gasteiger partial charge in [0.25, 0.3) is 5.91 Å². The molecule has 4 heterocycles. The third-order valence-corrected chi connectivity index (χ3v) is 6.82. The molecule has 3 aliphatic rings. The highest BCUT2D eigenvalue weighted by atomic mass is 32.1. The van der Waals surface area contributed by atoms with Gasteiger partial charge < -0.3 is 14.4 Å². The summed E-state index contributed by atoms with van der Waals surface area (Å²) in [6, 6.07) is 8.29. The number of thiazole rings is 1. The van der Waals surface area contributed by atoms with Crippen LogP contribution in [-0.4, -0.2) is 40.1 Å². The lowest BCUT2D eigenvalue weighted by atomic mass is 9.74. The summed E-state index contributed by atoms with van der Waals surface area (Å²) in [4.78, 5) is 19.6. The maximum atomic E-state index is 12.9. The van der Waals surface area contributed by atoms with Crippen molar-refractivity contribution in [3.63, 3.8) is 0 Å². The van der Waals surface area contributed by atoms with Crippen molar-refractivity contribution in [1.82, 2.24) is 9.88 Å². The van der Waals surface area contributed by atoms with E-state index in [4.69, 9.17) is 9.47 Å². The van der Waals surface area contributed by atoms with Crippen LogP contribution in [0.1, 0.15) is 48.0 Å². The molecule has 0 aliphatic carbocycles. The number of hydrogen-bond donors (Lipinski definition) is 0. The van der Waals surface area contributed by atoms with Crippen LogP contribution in [0.15, 0.2) is 36.0 Å². The van der Waals surface area contributed by atoms with Crippen LogP contribution in [-0.2, 0) is 4.74 Å². The second-order valence-electron chi connectivity index (χ2n) is 7.90. The predicted octanol–water partition coefficient (Wildman–Crippen LogP) is 3.68. The number of ether oxygens (including phenoxy) is 2. The third-order valence-electron chi connectivity index (χ3n) is 6.06. The fraction of sp³-hybridized carbons (Fsp3) is 0.500. The molecular formula is C20H22N2O3S. The fourth-order valence-electron chi connectivity index (χ4n) is 4.75. The Balaban J connectivity index is 1.46. The Morgan fingerprint density at radius 3 is 3.00 bits per heavy atom. The van der Waals surface area contributed by atoms with Gasteiger partial charge in [-0.3, -0.25) is 9.78 Å². The third kappa shape index (κ3) is 2.39. The zero-order chi connectivity index (χ0) is 17.9. The minimum atomic E-state index is -0.328. The lowest BCUT2D eigenvalue weighted by Gasteiger charge is -2.50. The van der Waals surface area contributed by atoms with E-state index in [0.717, 1.165) is 30.7 Å². The van der Waals surface area contributed by atoms with E-state index in [1.54, 1.807) is 11.7 Å². The summed E-state index contributed by atoms with van der Waals surface area (Å²) >= 11 is 1.40. The molecule has 6 heteroatoms. The molecule has 1 aromatic carbocycles. The predicted molar refractivity (Wildman–Crippen MR) is 98.4 cm³/mol. The summed E-state index contributed by atoms with van der Waals surface area (Å²) in [5.41, 5.74) is 2.53. The van der Waals surface area contributed by atoms with Crippen molar-refractivity contribution in [1.29, 1.82) is 0 Å². The van der Waals surface area contributed by atoms with Crippen LogP contribution in [0.25, 0.3) is 0 Å². The number of benzene rings is 1. The largest absolute Gasteiger partial charge is 0.487 e. The normalized spacial score (nSPS) is 31.5. The number of aromatic nitrogens is 1. The number of nitrogens with zero attached hydrogens (tertiary/aromatic N) is 2. The number of rotatable bonds is 1. The molecule has 1 amide bonds. The second-order valence-corrected chi connectivity index (χ2v) is 8.79. The highest BCUT2D eigenvalue weighted by Crippen LogP contribution is 2.52. The molecule has 4 atom stereocenters. The van der Waals surface area contributed by atoms with Gasteiger partial charge in [0.15, 0.2) is 0 Å². The maximum absolute atomic E-state index is 12.9. The Bertz CT molecular complexity index is 835. The maximum Gasteiger partial charge on any atom is 0.265 e. The molecule has 26 heavy (non-hydrogen) atoms. The summed E-state index contributed by atoms with van der Waals surface area (Å²) in [7, 11) is 0. The van der Waals surface area contributed by atoms with Crippen molar-refractivity contribution in [3.05, 3.63) is 46.4 Å². The summed E-state index contributed by atoms with van der Waals surface area (Å²) in [5, 5.41) is 0. The van der Waals surface area contributed by atoms with Crippen LogP contribution in [0.5, 0.6) is 5.75 Å². The highest BCUT2D eigenvalue weighted by Gasteiger charge is 2.53. The second kappa shape index (κ2) is 5.79. The highest BCUT2D eigenvalue weighted by molar-refractivity contribution is 7.11. The zero-order valence-electron chi connectivity index (χ0n) is 14.9. The number of amides is 1. The number of carbonyl (C=O) groups excluding carboxylic acids is 1. The standard InChI is InChI=1S/C20H22N2O3S/c1-20(2)13-9-14-16(7-8-22(14)19(23)17-10-21-11-26-17)24-18(13)12-5-3-4-6-15(12)25-20/h3-6,10-11,13-14,16,18H,7-9H2,1-2H3/t13-,14-,16-,18+/m1/s1. The van der Waals surface area contributed by atoms with Crippen molar-refractivity contribution in [2.45, 2.75) is 50.5 Å². The Morgan fingerprint density at radius 2 is 2.19 bits per heavy atom. The van der Waals surface area contributed by atoms with Crippen molar-refractivity contribution in [2.24, 2.45) is 5.92 Å². The smallest absolute Gasteiger partial charge is 0.265 e. The molecule has 2 fully saturated rings. The molecule has 136 valence electrons. The number of carbonyl (C=O) groups is 1. The molecule has 2 aromatic rings. The Hall–Kier alpha value is -1.92. The van der Waals surface area contributed by atoms with Gasteiger partial charge in [0, 0.05) is 18.0 Å². The van der Waals surface area contributed by atoms with Crippen molar-refractivity contribution in [3.8, 4) is 5.75 Å². The number of fused-ring (bicyclic) bond motifs is 4. The van der Waals surface area contributed by atoms with E-state index in [-0.39, 0.29) is 35.7 Å². The first-order chi connectivity index (χ1) is 12.5. The van der Waals surface area contributed by atoms with Gasteiger partial charge in [-0.05, 0) is 32.8 Å². The molecule has 0 N–H and O–H groups in total. The van der Waals surface area contributed by atoms with Crippen LogP contribution in [0, 0.1) is 5.92 Å². The molecular weight excluding hydrogens is 348 g/mol. The first kappa shape index (κ1) is 16.3. The summed E-state index contributed by atoms with van der Waals surface area (Å²) < 4.78 is 12.9.